The Morgan fingerprint density at radius 3 is 2.08 bits per heavy atom. The van der Waals surface area contributed by atoms with Crippen LogP contribution < -0.4 is 5.43 Å². The number of carbonyl (C=O) groups excluding carboxylic acids is 1. The van der Waals surface area contributed by atoms with Crippen molar-refractivity contribution in [2.24, 2.45) is 5.10 Å². The van der Waals surface area contributed by atoms with E-state index in [9.17, 15) is 14.3 Å². The van der Waals surface area contributed by atoms with Crippen LogP contribution in [0.15, 0.2) is 47.6 Å². The highest BCUT2D eigenvalue weighted by atomic mass is 19.1. The Balaban J connectivity index is 1.70. The molecule has 0 atom stereocenters. The van der Waals surface area contributed by atoms with Crippen LogP contribution in [0.5, 0.6) is 5.75 Å². The normalized spacial score (nSPS) is 12.4. The van der Waals surface area contributed by atoms with Gasteiger partial charge < -0.3 is 9.67 Å². The van der Waals surface area contributed by atoms with Crippen molar-refractivity contribution in [3.63, 3.8) is 0 Å². The van der Waals surface area contributed by atoms with Crippen LogP contribution in [0, 0.1) is 19.7 Å². The van der Waals surface area contributed by atoms with Gasteiger partial charge in [0.1, 0.15) is 11.6 Å². The third kappa shape index (κ3) is 6.23. The van der Waals surface area contributed by atoms with Gasteiger partial charge in [0.05, 0.1) is 6.21 Å². The van der Waals surface area contributed by atoms with Gasteiger partial charge in [-0.05, 0) is 78.1 Å². The van der Waals surface area contributed by atoms with Gasteiger partial charge in [-0.1, -0.05) is 53.7 Å². The minimum atomic E-state index is -0.276. The number of halogens is 1. The highest BCUT2D eigenvalue weighted by molar-refractivity contribution is 5.84. The fourth-order valence-electron chi connectivity index (χ4n) is 4.38. The zero-order valence-corrected chi connectivity index (χ0v) is 22.7. The summed E-state index contributed by atoms with van der Waals surface area (Å²) in [6, 6.07) is 12.3. The summed E-state index contributed by atoms with van der Waals surface area (Å²) in [5.41, 5.74) is 8.68. The molecule has 1 heterocycles. The molecule has 1 amide bonds. The number of phenolic OH excluding ortho intramolecular Hbond substituents is 1. The predicted molar refractivity (Wildman–Crippen MR) is 145 cm³/mol. The molecule has 1 aromatic heterocycles. The van der Waals surface area contributed by atoms with Gasteiger partial charge >= 0.3 is 0 Å². The van der Waals surface area contributed by atoms with Crippen LogP contribution in [-0.2, 0) is 22.0 Å². The molecule has 0 unspecified atom stereocenters. The van der Waals surface area contributed by atoms with Crippen molar-refractivity contribution < 1.29 is 14.3 Å². The molecule has 2 N–H and O–H groups in total. The van der Waals surface area contributed by atoms with Gasteiger partial charge in [-0.15, -0.1) is 0 Å². The van der Waals surface area contributed by atoms with E-state index in [0.29, 0.717) is 12.2 Å². The number of phenols is 1. The molecule has 0 spiro atoms. The van der Waals surface area contributed by atoms with E-state index >= 15 is 0 Å². The molecular weight excluding hydrogens is 453 g/mol. The van der Waals surface area contributed by atoms with Gasteiger partial charge in [-0.3, -0.25) is 4.79 Å². The molecule has 5 nitrogen and oxygen atoms in total. The summed E-state index contributed by atoms with van der Waals surface area (Å²) < 4.78 is 15.3. The van der Waals surface area contributed by atoms with Crippen LogP contribution in [0.2, 0.25) is 0 Å². The number of nitrogens with zero attached hydrogens (tertiary/aromatic N) is 2. The zero-order chi connectivity index (χ0) is 26.8. The summed E-state index contributed by atoms with van der Waals surface area (Å²) in [5.74, 6) is -0.116. The highest BCUT2D eigenvalue weighted by Gasteiger charge is 2.26. The fraction of sp³-hybridized carbons (Fsp3) is 0.400. The maximum Gasteiger partial charge on any atom is 0.240 e. The first kappa shape index (κ1) is 27.2. The third-order valence-corrected chi connectivity index (χ3v) is 6.37. The second-order valence-corrected chi connectivity index (χ2v) is 11.5. The summed E-state index contributed by atoms with van der Waals surface area (Å²) >= 11 is 0. The lowest BCUT2D eigenvalue weighted by atomic mass is 9.78. The summed E-state index contributed by atoms with van der Waals surface area (Å²) in [4.78, 5) is 12.5. The number of hydrogen-bond donors (Lipinski definition) is 2. The Morgan fingerprint density at radius 2 is 1.56 bits per heavy atom. The lowest BCUT2D eigenvalue weighted by molar-refractivity contribution is -0.121. The molecule has 36 heavy (non-hydrogen) atoms. The van der Waals surface area contributed by atoms with E-state index in [1.165, 1.54) is 12.1 Å². The second-order valence-electron chi connectivity index (χ2n) is 11.5. The third-order valence-electron chi connectivity index (χ3n) is 6.37. The molecule has 0 radical (unpaired) electrons. The standard InChI is InChI=1S/C30H38FN3O2/c1-19-15-22(20(2)34(19)24-12-10-23(31)11-13-24)18-32-33-27(35)14-9-21-16-25(29(3,4)5)28(36)26(17-21)30(6,7)8/h10-13,15-18,36H,9,14H2,1-8H3,(H,33,35)/b32-18-. The van der Waals surface area contributed by atoms with Gasteiger partial charge in [0, 0.05) is 29.1 Å². The van der Waals surface area contributed by atoms with Gasteiger partial charge in [0.15, 0.2) is 0 Å². The Kier molecular flexibility index (Phi) is 7.77. The molecule has 192 valence electrons. The summed E-state index contributed by atoms with van der Waals surface area (Å²) in [5, 5.41) is 15.1. The van der Waals surface area contributed by atoms with Crippen molar-refractivity contribution in [3.8, 4) is 11.4 Å². The summed E-state index contributed by atoms with van der Waals surface area (Å²) in [6.07, 6.45) is 2.47. The van der Waals surface area contributed by atoms with E-state index in [1.807, 2.05) is 36.6 Å². The Bertz CT molecular complexity index is 1240. The molecule has 0 aliphatic heterocycles. The Morgan fingerprint density at radius 1 is 1.00 bits per heavy atom. The topological polar surface area (TPSA) is 66.6 Å². The van der Waals surface area contributed by atoms with Crippen LogP contribution >= 0.6 is 0 Å². The van der Waals surface area contributed by atoms with Gasteiger partial charge in [-0.25, -0.2) is 9.82 Å². The van der Waals surface area contributed by atoms with E-state index in [-0.39, 0.29) is 29.0 Å². The van der Waals surface area contributed by atoms with E-state index in [4.69, 9.17) is 0 Å². The second kappa shape index (κ2) is 10.3. The van der Waals surface area contributed by atoms with Crippen molar-refractivity contribution in [2.75, 3.05) is 0 Å². The van der Waals surface area contributed by atoms with Crippen molar-refractivity contribution >= 4 is 12.1 Å². The number of aryl methyl sites for hydroxylation is 2. The largest absolute Gasteiger partial charge is 0.507 e. The number of aromatic nitrogens is 1. The first-order valence-corrected chi connectivity index (χ1v) is 12.3. The molecule has 6 heteroatoms. The first-order chi connectivity index (χ1) is 16.7. The lowest BCUT2D eigenvalue weighted by Gasteiger charge is -2.28. The monoisotopic (exact) mass is 491 g/mol. The fourth-order valence-corrected chi connectivity index (χ4v) is 4.38. The van der Waals surface area contributed by atoms with Crippen molar-refractivity contribution in [2.45, 2.75) is 79.1 Å². The van der Waals surface area contributed by atoms with Gasteiger partial charge in [-0.2, -0.15) is 5.10 Å². The van der Waals surface area contributed by atoms with E-state index in [2.05, 4.69) is 52.1 Å². The number of amides is 1. The molecule has 0 aliphatic rings. The smallest absolute Gasteiger partial charge is 0.240 e. The SMILES string of the molecule is Cc1cc(/C=N\NC(=O)CCc2cc(C(C)(C)C)c(O)c(C(C)(C)C)c2)c(C)n1-c1ccc(F)cc1. The number of nitrogens with one attached hydrogen (secondary N) is 1. The molecule has 0 aliphatic carbocycles. The molecule has 0 saturated carbocycles. The van der Waals surface area contributed by atoms with Crippen LogP contribution in [0.4, 0.5) is 4.39 Å². The minimum Gasteiger partial charge on any atom is -0.507 e. The number of aromatic hydroxyl groups is 1. The molecule has 0 bridgehead atoms. The molecule has 0 fully saturated rings. The van der Waals surface area contributed by atoms with Crippen LogP contribution in [0.1, 0.15) is 81.6 Å². The van der Waals surface area contributed by atoms with E-state index < -0.39 is 0 Å². The molecule has 2 aromatic carbocycles. The molecule has 3 rings (SSSR count). The first-order valence-electron chi connectivity index (χ1n) is 12.3. The average molecular weight is 492 g/mol. The average Bonchev–Trinajstić information content (AvgIpc) is 3.05. The number of hydrogen-bond acceptors (Lipinski definition) is 3. The van der Waals surface area contributed by atoms with Gasteiger partial charge in [0.2, 0.25) is 5.91 Å². The highest BCUT2D eigenvalue weighted by Crippen LogP contribution is 2.40. The number of rotatable bonds is 6. The molecule has 0 saturated heterocycles. The Hall–Kier alpha value is -3.41. The van der Waals surface area contributed by atoms with E-state index in [1.54, 1.807) is 18.3 Å². The van der Waals surface area contributed by atoms with Crippen LogP contribution in [0.3, 0.4) is 0 Å². The van der Waals surface area contributed by atoms with E-state index in [0.717, 1.165) is 39.3 Å². The maximum absolute atomic E-state index is 13.3. The number of carbonyl (C=O) groups is 1. The number of benzene rings is 2. The maximum atomic E-state index is 13.3. The number of hydrazone groups is 1. The van der Waals surface area contributed by atoms with Crippen molar-refractivity contribution in [1.29, 1.82) is 0 Å². The summed E-state index contributed by atoms with van der Waals surface area (Å²) in [7, 11) is 0. The molecular formula is C30H38FN3O2. The minimum absolute atomic E-state index is 0.179. The van der Waals surface area contributed by atoms with Crippen LogP contribution in [0.25, 0.3) is 5.69 Å². The van der Waals surface area contributed by atoms with Crippen molar-refractivity contribution in [3.05, 3.63) is 81.9 Å². The predicted octanol–water partition coefficient (Wildman–Crippen LogP) is 6.62. The Labute approximate surface area is 214 Å². The lowest BCUT2D eigenvalue weighted by Crippen LogP contribution is -2.20. The van der Waals surface area contributed by atoms with Gasteiger partial charge in [0.25, 0.3) is 0 Å². The summed E-state index contributed by atoms with van der Waals surface area (Å²) in [6.45, 7) is 16.4. The molecule has 3 aromatic rings. The van der Waals surface area contributed by atoms with Crippen LogP contribution in [-0.4, -0.2) is 21.8 Å². The quantitative estimate of drug-likeness (QED) is 0.301. The zero-order valence-electron chi connectivity index (χ0n) is 22.7. The van der Waals surface area contributed by atoms with Crippen molar-refractivity contribution in [1.82, 2.24) is 9.99 Å².